The van der Waals surface area contributed by atoms with Crippen molar-refractivity contribution in [2.75, 3.05) is 78.6 Å². The molecule has 2 atom stereocenters. The highest BCUT2D eigenvalue weighted by atomic mass is 127. The summed E-state index contributed by atoms with van der Waals surface area (Å²) in [5.41, 5.74) is 0. The van der Waals surface area contributed by atoms with E-state index in [1.165, 1.54) is 10.6 Å². The summed E-state index contributed by atoms with van der Waals surface area (Å²) >= 11 is 2.23. The summed E-state index contributed by atoms with van der Waals surface area (Å²) < 4.78 is 257. The van der Waals surface area contributed by atoms with Crippen LogP contribution < -0.4 is 34.6 Å². The number of alkyl halides is 21. The van der Waals surface area contributed by atoms with E-state index >= 15 is 0 Å². The minimum atomic E-state index is -6.96. The molecule has 0 aliphatic heterocycles. The molecule has 364 valence electrons. The second-order valence-corrected chi connectivity index (χ2v) is 13.7. The van der Waals surface area contributed by atoms with E-state index < -0.39 is 85.9 Å². The van der Waals surface area contributed by atoms with Gasteiger partial charge in [0.1, 0.15) is 0 Å². The first kappa shape index (κ1) is 65.4. The lowest BCUT2D eigenvalue weighted by Crippen LogP contribution is -3.00. The molecule has 0 aromatic heterocycles. The van der Waals surface area contributed by atoms with Crippen molar-refractivity contribution in [1.82, 2.24) is 15.5 Å². The Hall–Kier alpha value is -1.24. The van der Waals surface area contributed by atoms with E-state index in [2.05, 4.69) is 32.1 Å². The number of rotatable bonds is 21. The Labute approximate surface area is 359 Å². The molecule has 0 aromatic carbocycles. The van der Waals surface area contributed by atoms with Crippen molar-refractivity contribution < 1.29 is 146 Å². The number of carbonyl (C=O) groups excluding carboxylic acids is 2. The summed E-state index contributed by atoms with van der Waals surface area (Å²) in [6, 6.07) is 0. The molecule has 60 heavy (non-hydrogen) atoms. The standard InChI is InChI=1S/C14H20F10N2O3.C11H14F10N2O2.C3H7IO.HI/c1-26(2,7-4-8-27)6-3-5-25-10(28)9(11(15,16)17)29-14(23,24)12(18,19)13(20,21)22;1-23(2)5-3-4-22-7(24)6(8(12,13)14)25-11(20,21)9(15,16)10(17,18)19;4-2-1-3-5;/h9,27H,3-8H2,1-2H3;6H,3-5H2,1-2H3,(H,22,24);5H,1-3H2;1H. The second-order valence-electron chi connectivity index (χ2n) is 12.6. The van der Waals surface area contributed by atoms with Crippen LogP contribution >= 0.6 is 22.6 Å². The zero-order valence-electron chi connectivity index (χ0n) is 31.4. The van der Waals surface area contributed by atoms with Crippen LogP contribution in [0.3, 0.4) is 0 Å². The molecule has 0 saturated carbocycles. The van der Waals surface area contributed by atoms with Crippen LogP contribution in [0.2, 0.25) is 0 Å². The summed E-state index contributed by atoms with van der Waals surface area (Å²) in [4.78, 5) is 24.3. The maximum absolute atomic E-state index is 13.1. The summed E-state index contributed by atoms with van der Waals surface area (Å²) in [7, 11) is 6.53. The number of quaternary nitrogens is 1. The minimum Gasteiger partial charge on any atom is -1.00 e. The van der Waals surface area contributed by atoms with Crippen molar-refractivity contribution in [1.29, 1.82) is 0 Å². The summed E-state index contributed by atoms with van der Waals surface area (Å²) in [6.07, 6.45) is -46.1. The van der Waals surface area contributed by atoms with Crippen LogP contribution in [0, 0.1) is 0 Å². The van der Waals surface area contributed by atoms with Gasteiger partial charge in [-0.25, -0.2) is 0 Å². The van der Waals surface area contributed by atoms with Crippen LogP contribution in [0.15, 0.2) is 0 Å². The van der Waals surface area contributed by atoms with E-state index in [9.17, 15) is 97.4 Å². The molecule has 0 rings (SSSR count). The van der Waals surface area contributed by atoms with Gasteiger partial charge in [0.05, 0.1) is 27.2 Å². The SMILES string of the molecule is CN(C)CCCNC(=O)C(OC(F)(F)C(F)(F)C(F)(F)F)C(F)(F)F.C[N+](C)(CCCO)CCCNC(=O)C(OC(F)(F)C(F)(F)C(F)(F)F)C(F)(F)F.OCCCI.[I-]. The molecule has 0 aliphatic rings. The number of halogens is 22. The van der Waals surface area contributed by atoms with Crippen molar-refractivity contribution in [3.05, 3.63) is 0 Å². The number of nitrogens with one attached hydrogen (secondary N) is 2. The van der Waals surface area contributed by atoms with Gasteiger partial charge in [-0.1, -0.05) is 22.6 Å². The van der Waals surface area contributed by atoms with Crippen LogP contribution in [0.5, 0.6) is 0 Å². The van der Waals surface area contributed by atoms with Crippen LogP contribution in [-0.2, 0) is 19.1 Å². The van der Waals surface area contributed by atoms with Gasteiger partial charge in [0, 0.05) is 43.6 Å². The summed E-state index contributed by atoms with van der Waals surface area (Å²) in [5.74, 6) is -18.5. The van der Waals surface area contributed by atoms with Crippen molar-refractivity contribution >= 4 is 34.4 Å². The molecule has 0 heterocycles. The first-order valence-electron chi connectivity index (χ1n) is 16.1. The molecule has 0 saturated heterocycles. The van der Waals surface area contributed by atoms with Gasteiger partial charge in [-0.15, -0.1) is 0 Å². The van der Waals surface area contributed by atoms with Gasteiger partial charge in [-0.3, -0.25) is 19.1 Å². The van der Waals surface area contributed by atoms with E-state index in [0.717, 1.165) is 10.8 Å². The van der Waals surface area contributed by atoms with E-state index in [1.807, 2.05) is 0 Å². The first-order valence-corrected chi connectivity index (χ1v) is 17.6. The fourth-order valence-corrected chi connectivity index (χ4v) is 3.83. The number of carbonyl (C=O) groups is 2. The largest absolute Gasteiger partial charge is 1.00 e. The number of ether oxygens (including phenoxy) is 2. The molecule has 32 heteroatoms. The lowest BCUT2D eigenvalue weighted by Gasteiger charge is -2.31. The third-order valence-corrected chi connectivity index (χ3v) is 7.34. The molecule has 0 radical (unpaired) electrons. The van der Waals surface area contributed by atoms with Gasteiger partial charge < -0.3 is 54.2 Å². The smallest absolute Gasteiger partial charge is 0.462 e. The monoisotopic (exact) mass is 1160 g/mol. The zero-order chi connectivity index (χ0) is 47.7. The maximum Gasteiger partial charge on any atom is 0.462 e. The Morgan fingerprint density at radius 2 is 0.917 bits per heavy atom. The van der Waals surface area contributed by atoms with Gasteiger partial charge in [-0.05, 0) is 33.5 Å². The minimum absolute atomic E-state index is 0. The van der Waals surface area contributed by atoms with Crippen LogP contribution in [0.1, 0.15) is 25.7 Å². The molecular weight excluding hydrogens is 1120 g/mol. The molecule has 0 aromatic rings. The fraction of sp³-hybridized carbons (Fsp3) is 0.929. The van der Waals surface area contributed by atoms with Gasteiger partial charge in [0.2, 0.25) is 12.2 Å². The molecule has 0 bridgehead atoms. The Kier molecular flexibility index (Phi) is 28.9. The van der Waals surface area contributed by atoms with Gasteiger partial charge in [0.25, 0.3) is 11.8 Å². The predicted octanol–water partition coefficient (Wildman–Crippen LogP) is 3.29. The molecule has 10 nitrogen and oxygen atoms in total. The molecule has 4 N–H and O–H groups in total. The fourth-order valence-electron chi connectivity index (χ4n) is 3.49. The first-order chi connectivity index (χ1) is 26.1. The number of amides is 2. The Bertz CT molecular complexity index is 1220. The number of aliphatic hydroxyl groups is 2. The van der Waals surface area contributed by atoms with E-state index in [1.54, 1.807) is 33.1 Å². The third-order valence-electron chi connectivity index (χ3n) is 6.58. The molecule has 2 amide bonds. The number of hydrogen-bond acceptors (Lipinski definition) is 7. The van der Waals surface area contributed by atoms with Crippen LogP contribution in [-0.4, -0.2) is 171 Å². The van der Waals surface area contributed by atoms with E-state index in [0.29, 0.717) is 19.6 Å². The average molecular weight is 1160 g/mol. The normalized spacial score (nSPS) is 14.5. The lowest BCUT2D eigenvalue weighted by molar-refractivity contribution is -0.890. The van der Waals surface area contributed by atoms with Crippen molar-refractivity contribution in [2.45, 2.75) is 86.7 Å². The molecule has 2 unspecified atom stereocenters. The molecule has 0 fully saturated rings. The number of nitrogens with zero attached hydrogens (tertiary/aromatic N) is 2. The average Bonchev–Trinajstić information content (AvgIpc) is 3.04. The van der Waals surface area contributed by atoms with Crippen LogP contribution in [0.25, 0.3) is 0 Å². The predicted molar refractivity (Wildman–Crippen MR) is 172 cm³/mol. The molecule has 0 spiro atoms. The Morgan fingerprint density at radius 3 is 1.17 bits per heavy atom. The molecule has 0 aliphatic carbocycles. The van der Waals surface area contributed by atoms with Gasteiger partial charge >= 0.3 is 48.8 Å². The van der Waals surface area contributed by atoms with Crippen LogP contribution in [0.4, 0.5) is 87.8 Å². The number of hydrogen-bond donors (Lipinski definition) is 4. The topological polar surface area (TPSA) is 120 Å². The maximum atomic E-state index is 13.1. The highest BCUT2D eigenvalue weighted by molar-refractivity contribution is 14.1. The number of aliphatic hydroxyl groups excluding tert-OH is 2. The quantitative estimate of drug-likeness (QED) is 0.0459. The van der Waals surface area contributed by atoms with E-state index in [4.69, 9.17) is 10.2 Å². The van der Waals surface area contributed by atoms with E-state index in [-0.39, 0.29) is 61.0 Å². The molecular formula is C28H42F20I2N4O6. The van der Waals surface area contributed by atoms with Gasteiger partial charge in [0.15, 0.2) is 0 Å². The van der Waals surface area contributed by atoms with Crippen molar-refractivity contribution in [3.8, 4) is 0 Å². The third kappa shape index (κ3) is 23.4. The zero-order valence-corrected chi connectivity index (χ0v) is 35.7. The highest BCUT2D eigenvalue weighted by Crippen LogP contribution is 2.49. The highest BCUT2D eigenvalue weighted by Gasteiger charge is 2.77. The Balaban J connectivity index is -0.000000465. The van der Waals surface area contributed by atoms with Gasteiger partial charge in [-0.2, -0.15) is 87.8 Å². The second kappa shape index (κ2) is 26.5. The summed E-state index contributed by atoms with van der Waals surface area (Å²) in [6.45, 7) is 0.228. The summed E-state index contributed by atoms with van der Waals surface area (Å²) in [5, 5.41) is 19.8. The Morgan fingerprint density at radius 1 is 0.600 bits per heavy atom. The van der Waals surface area contributed by atoms with Crippen molar-refractivity contribution in [3.63, 3.8) is 0 Å². The van der Waals surface area contributed by atoms with Crippen molar-refractivity contribution in [2.24, 2.45) is 0 Å². The lowest BCUT2D eigenvalue weighted by atomic mass is 10.2.